The molecule has 318 valence electrons. The number of β-lactam (4-membered cyclic amide) rings is 1. The number of aromatic hydroxyl groups is 1. The summed E-state index contributed by atoms with van der Waals surface area (Å²) in [5, 5.41) is 91.9. The third-order valence-corrected chi connectivity index (χ3v) is 11.7. The molecule has 9 N–H and O–H groups in total. The number of hydrogen-bond donors (Lipinski definition) is 9. The molecule has 0 saturated carbocycles. The number of aliphatic hydroxyl groups is 6. The largest absolute Gasteiger partial charge is 0.508 e. The van der Waals surface area contributed by atoms with Gasteiger partial charge in [0.25, 0.3) is 0 Å². The lowest BCUT2D eigenvalue weighted by Crippen LogP contribution is -2.61. The highest BCUT2D eigenvalue weighted by Gasteiger charge is 2.53. The number of thioether (sulfide) groups is 1. The number of nitrogens with zero attached hydrogens (tertiary/aromatic N) is 1. The number of anilines is 1. The highest BCUT2D eigenvalue weighted by atomic mass is 32.2. The van der Waals surface area contributed by atoms with Crippen LogP contribution in [0, 0.1) is 5.82 Å². The first-order valence-electron chi connectivity index (χ1n) is 18.5. The Hall–Kier alpha value is -5.19. The molecule has 7 rings (SSSR count). The van der Waals surface area contributed by atoms with Crippen molar-refractivity contribution >= 4 is 35.3 Å². The predicted octanol–water partition coefficient (Wildman–Crippen LogP) is 1.31. The number of phenols is 1. The van der Waals surface area contributed by atoms with E-state index in [0.29, 0.717) is 27.9 Å². The van der Waals surface area contributed by atoms with Gasteiger partial charge in [-0.15, -0.1) is 11.8 Å². The Kier molecular flexibility index (Phi) is 12.7. The number of aliphatic hydroxyl groups excluding tert-OH is 6. The number of carbonyl (C=O) groups excluding carboxylic acids is 1. The van der Waals surface area contributed by atoms with Gasteiger partial charge in [0.2, 0.25) is 12.2 Å². The topological polar surface area (TPSA) is 273 Å². The number of amides is 1. The molecule has 4 aromatic carbocycles. The van der Waals surface area contributed by atoms with Gasteiger partial charge in [-0.25, -0.2) is 14.0 Å². The maximum Gasteiger partial charge on any atom is 0.335 e. The molecular weight excluding hydrogens is 814 g/mol. The number of aliphatic carboxylic acids is 2. The number of carboxylic acids is 2. The van der Waals surface area contributed by atoms with Crippen LogP contribution in [0.1, 0.15) is 23.3 Å². The standard InChI is InChI=1S/C41H40FNO16S/c42-21-12-9-18(10-13-21)26(57-41-33(50)29(46)31(48)35(59-41)39(54)55)17-60-36-27(43(37(36)51)22-6-2-1-3-7-22)24-14-11-20(19-5-4-8-23(44)15-19)16-25(24)56-40-32(49)28(45)30(47)34(58-40)38(52)53/h1-16,26-36,40-41,44-50H,17H2,(H,52,53)(H,54,55)/t26-,27+,28?,29-,30?,31+,32?,33?,34?,35?,36+,40+,41+/m0/s1. The van der Waals surface area contributed by atoms with Gasteiger partial charge in [0.05, 0.1) is 12.1 Å². The van der Waals surface area contributed by atoms with Crippen LogP contribution in [0.2, 0.25) is 0 Å². The minimum Gasteiger partial charge on any atom is -0.508 e. The molecular formula is C41H40FNO16S. The van der Waals surface area contributed by atoms with Crippen molar-refractivity contribution in [1.29, 1.82) is 0 Å². The summed E-state index contributed by atoms with van der Waals surface area (Å²) in [5.74, 6) is -4.51. The Bertz CT molecular complexity index is 2180. The molecule has 0 spiro atoms. The number of hydrogen-bond acceptors (Lipinski definition) is 15. The van der Waals surface area contributed by atoms with Gasteiger partial charge in [0.15, 0.2) is 18.5 Å². The molecule has 3 aliphatic rings. The molecule has 3 saturated heterocycles. The summed E-state index contributed by atoms with van der Waals surface area (Å²) in [6, 6.07) is 23.6. The highest BCUT2D eigenvalue weighted by molar-refractivity contribution is 8.00. The van der Waals surface area contributed by atoms with Crippen LogP contribution in [0.3, 0.4) is 0 Å². The fraction of sp³-hybridized carbons (Fsp3) is 0.341. The zero-order valence-corrected chi connectivity index (χ0v) is 31.9. The highest BCUT2D eigenvalue weighted by Crippen LogP contribution is 2.50. The molecule has 17 nitrogen and oxygen atoms in total. The quantitative estimate of drug-likeness (QED) is 0.0858. The van der Waals surface area contributed by atoms with Crippen LogP contribution in [-0.4, -0.2) is 136 Å². The normalized spacial score (nSPS) is 30.9. The first-order chi connectivity index (χ1) is 28.6. The van der Waals surface area contributed by atoms with Gasteiger partial charge >= 0.3 is 11.9 Å². The molecule has 0 bridgehead atoms. The molecule has 19 heteroatoms. The number of rotatable bonds is 13. The summed E-state index contributed by atoms with van der Waals surface area (Å²) >= 11 is 1.05. The van der Waals surface area contributed by atoms with Crippen LogP contribution in [0.15, 0.2) is 97.1 Å². The van der Waals surface area contributed by atoms with E-state index in [1.807, 2.05) is 0 Å². The second-order valence-corrected chi connectivity index (χ2v) is 15.5. The summed E-state index contributed by atoms with van der Waals surface area (Å²) in [7, 11) is 0. The molecule has 3 heterocycles. The van der Waals surface area contributed by atoms with Gasteiger partial charge in [0, 0.05) is 17.0 Å². The van der Waals surface area contributed by atoms with E-state index in [4.69, 9.17) is 18.9 Å². The van der Waals surface area contributed by atoms with Crippen molar-refractivity contribution in [3.8, 4) is 22.6 Å². The molecule has 6 unspecified atom stereocenters. The zero-order valence-electron chi connectivity index (χ0n) is 31.1. The molecule has 3 fully saturated rings. The number of ether oxygens (including phenoxy) is 4. The van der Waals surface area contributed by atoms with Crippen molar-refractivity contribution in [2.75, 3.05) is 10.7 Å². The summed E-state index contributed by atoms with van der Waals surface area (Å²) < 4.78 is 37.1. The van der Waals surface area contributed by atoms with E-state index in [0.717, 1.165) is 23.9 Å². The van der Waals surface area contributed by atoms with Crippen LogP contribution >= 0.6 is 11.8 Å². The van der Waals surface area contributed by atoms with Crippen molar-refractivity contribution in [3.05, 3.63) is 114 Å². The molecule has 0 aromatic heterocycles. The smallest absolute Gasteiger partial charge is 0.335 e. The van der Waals surface area contributed by atoms with Gasteiger partial charge in [-0.05, 0) is 59.2 Å². The lowest BCUT2D eigenvalue weighted by molar-refractivity contribution is -0.303. The van der Waals surface area contributed by atoms with Crippen molar-refractivity contribution < 1.29 is 83.7 Å². The maximum absolute atomic E-state index is 14.2. The van der Waals surface area contributed by atoms with Crippen molar-refractivity contribution in [2.24, 2.45) is 0 Å². The van der Waals surface area contributed by atoms with E-state index >= 15 is 0 Å². The lowest BCUT2D eigenvalue weighted by Gasteiger charge is -2.48. The van der Waals surface area contributed by atoms with E-state index in [9.17, 15) is 64.7 Å². The van der Waals surface area contributed by atoms with Gasteiger partial charge in [-0.1, -0.05) is 54.6 Å². The SMILES string of the molecule is O=C(O)C1O[C@@H](Oc2cc(-c3cccc(O)c3)ccc2[C@@H]2[C@@H](SC[C@H](O[C@@H]3OC(C(=O)O)[C@H](O)[C@H](O)C3O)c3ccc(F)cc3)C(=O)N2c2ccccc2)C(O)C(O)C1O. The fourth-order valence-electron chi connectivity index (χ4n) is 7.23. The first kappa shape index (κ1) is 42.9. The number of benzene rings is 4. The summed E-state index contributed by atoms with van der Waals surface area (Å²) in [6.45, 7) is 0. The minimum absolute atomic E-state index is 0.0472. The summed E-state index contributed by atoms with van der Waals surface area (Å²) in [6.07, 6.45) is -20.6. The Balaban J connectivity index is 1.26. The minimum atomic E-state index is -2.01. The predicted molar refractivity (Wildman–Crippen MR) is 206 cm³/mol. The average Bonchev–Trinajstić information content (AvgIpc) is 3.23. The number of para-hydroxylation sites is 1. The average molecular weight is 854 g/mol. The second kappa shape index (κ2) is 17.8. The van der Waals surface area contributed by atoms with E-state index in [1.165, 1.54) is 35.2 Å². The van der Waals surface area contributed by atoms with Crippen molar-refractivity contribution in [1.82, 2.24) is 0 Å². The number of phenolic OH excluding ortho intramolecular Hbond substituents is 1. The zero-order chi connectivity index (χ0) is 43.0. The van der Waals surface area contributed by atoms with Crippen LogP contribution in [0.4, 0.5) is 10.1 Å². The summed E-state index contributed by atoms with van der Waals surface area (Å²) in [4.78, 5) is 39.5. The number of carbonyl (C=O) groups is 3. The first-order valence-corrected chi connectivity index (χ1v) is 19.5. The van der Waals surface area contributed by atoms with Gasteiger partial charge in [0.1, 0.15) is 59.2 Å². The molecule has 3 aliphatic heterocycles. The van der Waals surface area contributed by atoms with E-state index in [-0.39, 0.29) is 17.3 Å². The summed E-state index contributed by atoms with van der Waals surface area (Å²) in [5.41, 5.74) is 2.05. The van der Waals surface area contributed by atoms with Crippen molar-refractivity contribution in [3.63, 3.8) is 0 Å². The van der Waals surface area contributed by atoms with E-state index < -0.39 is 102 Å². The van der Waals surface area contributed by atoms with Gasteiger partial charge in [-0.2, -0.15) is 0 Å². The monoisotopic (exact) mass is 853 g/mol. The number of carboxylic acid groups (broad SMARTS) is 2. The maximum atomic E-state index is 14.2. The lowest BCUT2D eigenvalue weighted by atomic mass is 9.90. The van der Waals surface area contributed by atoms with Crippen molar-refractivity contribution in [2.45, 2.75) is 78.8 Å². The molecule has 0 radical (unpaired) electrons. The fourth-order valence-corrected chi connectivity index (χ4v) is 8.59. The molecule has 60 heavy (non-hydrogen) atoms. The van der Waals surface area contributed by atoms with Gasteiger partial charge < -0.3 is 69.8 Å². The van der Waals surface area contributed by atoms with Crippen LogP contribution < -0.4 is 9.64 Å². The second-order valence-electron chi connectivity index (χ2n) is 14.3. The Morgan fingerprint density at radius 3 is 1.93 bits per heavy atom. The van der Waals surface area contributed by atoms with Gasteiger partial charge in [-0.3, -0.25) is 4.79 Å². The molecule has 4 aromatic rings. The molecule has 0 aliphatic carbocycles. The number of halogens is 1. The Morgan fingerprint density at radius 2 is 1.32 bits per heavy atom. The molecule has 1 amide bonds. The Labute approximate surface area is 344 Å². The van der Waals surface area contributed by atoms with E-state index in [2.05, 4.69) is 0 Å². The third-order valence-electron chi connectivity index (χ3n) is 10.4. The Morgan fingerprint density at radius 1 is 0.717 bits per heavy atom. The third kappa shape index (κ3) is 8.54. The van der Waals surface area contributed by atoms with E-state index in [1.54, 1.807) is 54.6 Å². The van der Waals surface area contributed by atoms with Crippen LogP contribution in [0.5, 0.6) is 11.5 Å². The molecule has 13 atom stereocenters. The van der Waals surface area contributed by atoms with Crippen LogP contribution in [0.25, 0.3) is 11.1 Å². The van der Waals surface area contributed by atoms with Crippen LogP contribution in [-0.2, 0) is 28.6 Å².